The van der Waals surface area contributed by atoms with E-state index in [1.807, 2.05) is 24.3 Å². The number of para-hydroxylation sites is 1. The molecule has 0 aliphatic carbocycles. The number of H-pyrrole nitrogens is 1. The molecule has 0 spiro atoms. The molecule has 0 bridgehead atoms. The van der Waals surface area contributed by atoms with Crippen LogP contribution in [-0.2, 0) is 13.0 Å². The molecule has 0 fully saturated rings. The van der Waals surface area contributed by atoms with E-state index in [0.717, 1.165) is 18.5 Å². The fourth-order valence-corrected chi connectivity index (χ4v) is 3.18. The van der Waals surface area contributed by atoms with Crippen molar-refractivity contribution in [2.45, 2.75) is 19.9 Å². The normalized spacial score (nSPS) is 11.2. The second-order valence-electron chi connectivity index (χ2n) is 6.34. The number of benzene rings is 2. The standard InChI is InChI=1S/C21H26N4O2.HI/c1-14-16(17-6-4-5-7-18(17)25-14)10-11-23-21(22)24-13-15-8-9-19(26-2)20(12-15)27-3;/h4-9,12,25H,10-11,13H2,1-3H3,(H3,22,23,24);1H. The van der Waals surface area contributed by atoms with E-state index in [1.54, 1.807) is 14.2 Å². The fourth-order valence-electron chi connectivity index (χ4n) is 3.18. The summed E-state index contributed by atoms with van der Waals surface area (Å²) in [5.74, 6) is 1.82. The maximum absolute atomic E-state index is 6.01. The van der Waals surface area contributed by atoms with Gasteiger partial charge in [-0.1, -0.05) is 24.3 Å². The Bertz CT molecular complexity index is 953. The molecule has 0 aliphatic heterocycles. The van der Waals surface area contributed by atoms with Gasteiger partial charge in [-0.2, -0.15) is 0 Å². The van der Waals surface area contributed by atoms with Crippen molar-refractivity contribution in [3.63, 3.8) is 0 Å². The third-order valence-electron chi connectivity index (χ3n) is 4.59. The minimum Gasteiger partial charge on any atom is -0.493 e. The number of hydrogen-bond donors (Lipinski definition) is 3. The van der Waals surface area contributed by atoms with Crippen LogP contribution in [0.2, 0.25) is 0 Å². The number of aryl methyl sites for hydroxylation is 1. The van der Waals surface area contributed by atoms with Gasteiger partial charge in [-0.05, 0) is 42.7 Å². The average molecular weight is 494 g/mol. The summed E-state index contributed by atoms with van der Waals surface area (Å²) in [5.41, 5.74) is 10.7. The van der Waals surface area contributed by atoms with Crippen molar-refractivity contribution in [2.75, 3.05) is 20.8 Å². The number of aliphatic imine (C=N–C) groups is 1. The highest BCUT2D eigenvalue weighted by Gasteiger charge is 2.08. The number of nitrogens with zero attached hydrogens (tertiary/aromatic N) is 1. The van der Waals surface area contributed by atoms with E-state index in [-0.39, 0.29) is 24.0 Å². The van der Waals surface area contributed by atoms with Crippen molar-refractivity contribution in [3.8, 4) is 11.5 Å². The number of ether oxygens (including phenoxy) is 2. The molecule has 2 aromatic carbocycles. The van der Waals surface area contributed by atoms with Crippen LogP contribution < -0.4 is 20.5 Å². The molecule has 3 rings (SSSR count). The van der Waals surface area contributed by atoms with Crippen molar-refractivity contribution in [1.82, 2.24) is 10.3 Å². The first-order valence-corrected chi connectivity index (χ1v) is 8.93. The van der Waals surface area contributed by atoms with Crippen LogP contribution in [0.3, 0.4) is 0 Å². The van der Waals surface area contributed by atoms with E-state index < -0.39 is 0 Å². The minimum atomic E-state index is 0. The summed E-state index contributed by atoms with van der Waals surface area (Å²) in [5, 5.41) is 4.45. The van der Waals surface area contributed by atoms with Gasteiger partial charge in [0.2, 0.25) is 0 Å². The Morgan fingerprint density at radius 2 is 1.86 bits per heavy atom. The molecule has 6 nitrogen and oxygen atoms in total. The van der Waals surface area contributed by atoms with Gasteiger partial charge in [0, 0.05) is 23.1 Å². The zero-order chi connectivity index (χ0) is 19.2. The predicted octanol–water partition coefficient (Wildman–Crippen LogP) is 3.76. The molecule has 150 valence electrons. The topological polar surface area (TPSA) is 84.7 Å². The third kappa shape index (κ3) is 5.09. The molecule has 0 aliphatic rings. The Balaban J connectivity index is 0.00000280. The van der Waals surface area contributed by atoms with Crippen molar-refractivity contribution >= 4 is 40.8 Å². The van der Waals surface area contributed by atoms with Crippen LogP contribution in [0.5, 0.6) is 11.5 Å². The highest BCUT2D eigenvalue weighted by molar-refractivity contribution is 14.0. The molecule has 0 saturated heterocycles. The lowest BCUT2D eigenvalue weighted by atomic mass is 10.1. The lowest BCUT2D eigenvalue weighted by molar-refractivity contribution is 0.354. The Morgan fingerprint density at radius 1 is 1.11 bits per heavy atom. The summed E-state index contributed by atoms with van der Waals surface area (Å²) in [6.07, 6.45) is 0.877. The Kier molecular flexibility index (Phi) is 7.98. The van der Waals surface area contributed by atoms with Crippen LogP contribution in [0.15, 0.2) is 47.5 Å². The molecule has 0 radical (unpaired) electrons. The van der Waals surface area contributed by atoms with Crippen LogP contribution in [0, 0.1) is 6.92 Å². The molecule has 0 amide bonds. The van der Waals surface area contributed by atoms with Crippen molar-refractivity contribution < 1.29 is 9.47 Å². The molecular formula is C21H27IN4O2. The molecule has 1 aromatic heterocycles. The largest absolute Gasteiger partial charge is 0.493 e. The van der Waals surface area contributed by atoms with Crippen molar-refractivity contribution in [3.05, 3.63) is 59.3 Å². The first-order chi connectivity index (χ1) is 13.1. The van der Waals surface area contributed by atoms with Gasteiger partial charge in [0.05, 0.1) is 20.8 Å². The maximum Gasteiger partial charge on any atom is 0.188 e. The highest BCUT2D eigenvalue weighted by Crippen LogP contribution is 2.27. The van der Waals surface area contributed by atoms with E-state index in [4.69, 9.17) is 15.2 Å². The number of aromatic amines is 1. The number of nitrogens with two attached hydrogens (primary N) is 1. The lowest BCUT2D eigenvalue weighted by Gasteiger charge is -2.09. The summed E-state index contributed by atoms with van der Waals surface area (Å²) in [6.45, 7) is 3.30. The van der Waals surface area contributed by atoms with Gasteiger partial charge in [0.25, 0.3) is 0 Å². The molecule has 0 saturated carbocycles. The number of guanidine groups is 1. The van der Waals surface area contributed by atoms with Crippen LogP contribution >= 0.6 is 24.0 Å². The number of methoxy groups -OCH3 is 2. The lowest BCUT2D eigenvalue weighted by Crippen LogP contribution is -2.33. The number of hydrogen-bond acceptors (Lipinski definition) is 3. The molecule has 0 unspecified atom stereocenters. The van der Waals surface area contributed by atoms with Gasteiger partial charge in [-0.15, -0.1) is 24.0 Å². The summed E-state index contributed by atoms with van der Waals surface area (Å²) in [6, 6.07) is 14.1. The van der Waals surface area contributed by atoms with Crippen LogP contribution in [0.25, 0.3) is 10.9 Å². The van der Waals surface area contributed by atoms with E-state index in [1.165, 1.54) is 22.2 Å². The monoisotopic (exact) mass is 494 g/mol. The zero-order valence-corrected chi connectivity index (χ0v) is 18.7. The van der Waals surface area contributed by atoms with E-state index in [2.05, 4.69) is 40.4 Å². The summed E-state index contributed by atoms with van der Waals surface area (Å²) in [7, 11) is 3.24. The molecule has 0 atom stereocenters. The Labute approximate surface area is 182 Å². The van der Waals surface area contributed by atoms with Gasteiger partial charge in [0.15, 0.2) is 17.5 Å². The summed E-state index contributed by atoms with van der Waals surface area (Å²) < 4.78 is 10.6. The van der Waals surface area contributed by atoms with Crippen molar-refractivity contribution in [2.24, 2.45) is 10.7 Å². The van der Waals surface area contributed by atoms with Gasteiger partial charge >= 0.3 is 0 Å². The number of rotatable bonds is 7. The number of fused-ring (bicyclic) bond motifs is 1. The number of nitrogens with one attached hydrogen (secondary N) is 2. The molecular weight excluding hydrogens is 467 g/mol. The summed E-state index contributed by atoms with van der Waals surface area (Å²) in [4.78, 5) is 7.83. The molecule has 4 N–H and O–H groups in total. The maximum atomic E-state index is 6.01. The smallest absolute Gasteiger partial charge is 0.188 e. The first-order valence-electron chi connectivity index (χ1n) is 8.93. The van der Waals surface area contributed by atoms with E-state index >= 15 is 0 Å². The Morgan fingerprint density at radius 3 is 2.61 bits per heavy atom. The molecule has 1 heterocycles. The SMILES string of the molecule is COc1ccc(CN=C(N)NCCc2c(C)[nH]c3ccccc23)cc1OC.I. The quantitative estimate of drug-likeness (QED) is 0.265. The van der Waals surface area contributed by atoms with Gasteiger partial charge in [-0.25, -0.2) is 4.99 Å². The third-order valence-corrected chi connectivity index (χ3v) is 4.59. The van der Waals surface area contributed by atoms with Gasteiger partial charge in [0.1, 0.15) is 0 Å². The summed E-state index contributed by atoms with van der Waals surface area (Å²) >= 11 is 0. The minimum absolute atomic E-state index is 0. The number of aromatic nitrogens is 1. The second kappa shape index (κ2) is 10.2. The zero-order valence-electron chi connectivity index (χ0n) is 16.4. The molecule has 28 heavy (non-hydrogen) atoms. The predicted molar refractivity (Wildman–Crippen MR) is 125 cm³/mol. The van der Waals surface area contributed by atoms with E-state index in [0.29, 0.717) is 24.0 Å². The van der Waals surface area contributed by atoms with Crippen LogP contribution in [0.4, 0.5) is 0 Å². The van der Waals surface area contributed by atoms with E-state index in [9.17, 15) is 0 Å². The average Bonchev–Trinajstić information content (AvgIpc) is 3.01. The van der Waals surface area contributed by atoms with Crippen LogP contribution in [-0.4, -0.2) is 31.7 Å². The Hall–Kier alpha value is -2.42. The van der Waals surface area contributed by atoms with Gasteiger partial charge in [-0.3, -0.25) is 0 Å². The number of halogens is 1. The fraction of sp³-hybridized carbons (Fsp3) is 0.286. The van der Waals surface area contributed by atoms with Crippen molar-refractivity contribution in [1.29, 1.82) is 0 Å². The van der Waals surface area contributed by atoms with Gasteiger partial charge < -0.3 is 25.5 Å². The molecule has 3 aromatic rings. The first kappa shape index (κ1) is 21.9. The van der Waals surface area contributed by atoms with Crippen LogP contribution in [0.1, 0.15) is 16.8 Å². The second-order valence-corrected chi connectivity index (χ2v) is 6.34. The molecule has 7 heteroatoms. The highest BCUT2D eigenvalue weighted by atomic mass is 127.